The van der Waals surface area contributed by atoms with E-state index in [1.165, 1.54) is 0 Å². The summed E-state index contributed by atoms with van der Waals surface area (Å²) in [6, 6.07) is 5.09. The van der Waals surface area contributed by atoms with Crippen molar-refractivity contribution in [2.45, 2.75) is 45.0 Å². The summed E-state index contributed by atoms with van der Waals surface area (Å²) in [4.78, 5) is 35.4. The molecule has 3 rings (SSSR count). The third kappa shape index (κ3) is 4.68. The maximum atomic E-state index is 12.4. The van der Waals surface area contributed by atoms with E-state index in [9.17, 15) is 9.59 Å². The van der Waals surface area contributed by atoms with E-state index in [1.54, 1.807) is 18.3 Å². The molecule has 7 nitrogen and oxygen atoms in total. The van der Waals surface area contributed by atoms with Crippen molar-refractivity contribution in [3.8, 4) is 0 Å². The van der Waals surface area contributed by atoms with Gasteiger partial charge in [-0.05, 0) is 51.8 Å². The number of urea groups is 1. The van der Waals surface area contributed by atoms with Crippen molar-refractivity contribution in [3.63, 3.8) is 0 Å². The smallest absolute Gasteiger partial charge is 0.325 e. The van der Waals surface area contributed by atoms with Crippen molar-refractivity contribution in [1.29, 1.82) is 0 Å². The molecular weight excluding hydrogens is 406 g/mol. The Kier molecular flexibility index (Phi) is 6.09. The lowest BCUT2D eigenvalue weighted by Gasteiger charge is -2.13. The molecule has 0 saturated heterocycles. The van der Waals surface area contributed by atoms with Gasteiger partial charge in [-0.15, -0.1) is 11.3 Å². The van der Waals surface area contributed by atoms with Gasteiger partial charge in [0.2, 0.25) is 5.91 Å². The Balaban J connectivity index is 1.66. The standard InChI is InChI=1S/C20H23N5O2S2/c1-9-6-7-14(10(2)8-9)22-19(27)24-17(26)13(5)29-20-23-16(21)15-11(3)12(4)28-18(15)25-20/h6-8,13H,1-5H3,(H2,21,23,25)(H2,22,24,26,27). The van der Waals surface area contributed by atoms with Crippen LogP contribution >= 0.6 is 23.1 Å². The molecule has 0 saturated carbocycles. The topological polar surface area (TPSA) is 110 Å². The number of hydrogen-bond donors (Lipinski definition) is 3. The van der Waals surface area contributed by atoms with Crippen molar-refractivity contribution >= 4 is 56.8 Å². The summed E-state index contributed by atoms with van der Waals surface area (Å²) in [7, 11) is 0. The lowest BCUT2D eigenvalue weighted by Crippen LogP contribution is -2.39. The Bertz CT molecular complexity index is 1110. The highest BCUT2D eigenvalue weighted by atomic mass is 32.2. The van der Waals surface area contributed by atoms with E-state index in [0.717, 1.165) is 43.5 Å². The number of imide groups is 1. The first-order chi connectivity index (χ1) is 13.7. The minimum Gasteiger partial charge on any atom is -0.383 e. The van der Waals surface area contributed by atoms with Crippen molar-refractivity contribution in [1.82, 2.24) is 15.3 Å². The molecule has 0 aliphatic carbocycles. The molecule has 0 radical (unpaired) electrons. The summed E-state index contributed by atoms with van der Waals surface area (Å²) in [6.07, 6.45) is 0. The third-order valence-electron chi connectivity index (χ3n) is 4.55. The van der Waals surface area contributed by atoms with Gasteiger partial charge in [-0.2, -0.15) is 0 Å². The second kappa shape index (κ2) is 8.38. The van der Waals surface area contributed by atoms with Gasteiger partial charge in [-0.25, -0.2) is 14.8 Å². The number of thiophene rings is 1. The van der Waals surface area contributed by atoms with Gasteiger partial charge in [0.05, 0.1) is 10.6 Å². The summed E-state index contributed by atoms with van der Waals surface area (Å²) in [5.41, 5.74) is 9.85. The van der Waals surface area contributed by atoms with Crippen LogP contribution in [0, 0.1) is 27.7 Å². The number of thioether (sulfide) groups is 1. The number of fused-ring (bicyclic) bond motifs is 1. The number of anilines is 2. The molecule has 4 N–H and O–H groups in total. The molecule has 152 valence electrons. The largest absolute Gasteiger partial charge is 0.383 e. The summed E-state index contributed by atoms with van der Waals surface area (Å²) in [5.74, 6) is -0.0300. The van der Waals surface area contributed by atoms with Gasteiger partial charge in [-0.3, -0.25) is 10.1 Å². The Morgan fingerprint density at radius 2 is 1.90 bits per heavy atom. The van der Waals surface area contributed by atoms with E-state index in [2.05, 4.69) is 20.6 Å². The average Bonchev–Trinajstić information content (AvgIpc) is 2.91. The predicted molar refractivity (Wildman–Crippen MR) is 120 cm³/mol. The monoisotopic (exact) mass is 429 g/mol. The lowest BCUT2D eigenvalue weighted by molar-refractivity contribution is -0.119. The molecule has 0 aliphatic heterocycles. The highest BCUT2D eigenvalue weighted by molar-refractivity contribution is 8.00. The Morgan fingerprint density at radius 1 is 1.17 bits per heavy atom. The van der Waals surface area contributed by atoms with E-state index < -0.39 is 17.2 Å². The number of aryl methyl sites for hydroxylation is 4. The summed E-state index contributed by atoms with van der Waals surface area (Å²) in [6.45, 7) is 9.57. The van der Waals surface area contributed by atoms with Crippen LogP contribution in [0.25, 0.3) is 10.2 Å². The van der Waals surface area contributed by atoms with Gasteiger partial charge in [0.25, 0.3) is 0 Å². The fraction of sp³-hybridized carbons (Fsp3) is 0.300. The molecule has 0 fully saturated rings. The van der Waals surface area contributed by atoms with E-state index in [1.807, 2.05) is 45.9 Å². The molecule has 29 heavy (non-hydrogen) atoms. The number of amides is 3. The third-order valence-corrected chi connectivity index (χ3v) is 6.62. The number of hydrogen-bond acceptors (Lipinski definition) is 7. The molecule has 0 aliphatic rings. The van der Waals surface area contributed by atoms with Gasteiger partial charge in [-0.1, -0.05) is 29.5 Å². The number of rotatable bonds is 4. The van der Waals surface area contributed by atoms with E-state index in [-0.39, 0.29) is 0 Å². The van der Waals surface area contributed by atoms with Gasteiger partial charge in [0.15, 0.2) is 5.16 Å². The first kappa shape index (κ1) is 21.1. The second-order valence-corrected chi connectivity index (χ2v) is 9.39. The number of aromatic nitrogens is 2. The molecule has 3 aromatic rings. The number of nitrogens with two attached hydrogens (primary N) is 1. The second-order valence-electron chi connectivity index (χ2n) is 6.88. The molecule has 3 amide bonds. The van der Waals surface area contributed by atoms with Crippen LogP contribution < -0.4 is 16.4 Å². The zero-order valence-corrected chi connectivity index (χ0v) is 18.5. The first-order valence-electron chi connectivity index (χ1n) is 9.04. The van der Waals surface area contributed by atoms with E-state index in [0.29, 0.717) is 16.7 Å². The number of carbonyl (C=O) groups is 2. The predicted octanol–water partition coefficient (Wildman–Crippen LogP) is 4.34. The molecule has 1 atom stereocenters. The number of benzene rings is 1. The molecule has 1 unspecified atom stereocenters. The molecule has 2 heterocycles. The molecule has 2 aromatic heterocycles. The highest BCUT2D eigenvalue weighted by Crippen LogP contribution is 2.34. The van der Waals surface area contributed by atoms with Crippen molar-refractivity contribution in [2.75, 3.05) is 11.1 Å². The molecule has 9 heteroatoms. The highest BCUT2D eigenvalue weighted by Gasteiger charge is 2.20. The fourth-order valence-electron chi connectivity index (χ4n) is 2.85. The normalized spacial score (nSPS) is 12.0. The van der Waals surface area contributed by atoms with Gasteiger partial charge < -0.3 is 11.1 Å². The number of nitrogens with zero attached hydrogens (tertiary/aromatic N) is 2. The van der Waals surface area contributed by atoms with E-state index in [4.69, 9.17) is 5.73 Å². The molecule has 1 aromatic carbocycles. The average molecular weight is 430 g/mol. The van der Waals surface area contributed by atoms with Crippen LogP contribution in [0.3, 0.4) is 0 Å². The Labute approximate surface area is 177 Å². The van der Waals surface area contributed by atoms with Crippen molar-refractivity contribution < 1.29 is 9.59 Å². The minimum atomic E-state index is -0.574. The Hall–Kier alpha value is -2.65. The number of carbonyl (C=O) groups excluding carboxylic acids is 2. The van der Waals surface area contributed by atoms with Crippen molar-refractivity contribution in [2.24, 2.45) is 0 Å². The number of nitrogen functional groups attached to an aromatic ring is 1. The van der Waals surface area contributed by atoms with Crippen LogP contribution in [0.15, 0.2) is 23.4 Å². The summed E-state index contributed by atoms with van der Waals surface area (Å²) in [5, 5.41) is 5.76. The van der Waals surface area contributed by atoms with Gasteiger partial charge >= 0.3 is 6.03 Å². The van der Waals surface area contributed by atoms with Crippen LogP contribution in [0.1, 0.15) is 28.5 Å². The molecule has 0 bridgehead atoms. The maximum absolute atomic E-state index is 12.4. The fourth-order valence-corrected chi connectivity index (χ4v) is 4.72. The molecular formula is C20H23N5O2S2. The summed E-state index contributed by atoms with van der Waals surface area (Å²) >= 11 is 2.71. The number of nitrogens with one attached hydrogen (secondary N) is 2. The first-order valence-corrected chi connectivity index (χ1v) is 10.7. The van der Waals surface area contributed by atoms with Gasteiger partial charge in [0.1, 0.15) is 10.6 Å². The molecule has 0 spiro atoms. The zero-order chi connectivity index (χ0) is 21.3. The zero-order valence-electron chi connectivity index (χ0n) is 16.9. The van der Waals surface area contributed by atoms with Crippen LogP contribution in [0.4, 0.5) is 16.3 Å². The SMILES string of the molecule is Cc1ccc(NC(=O)NC(=O)C(C)Sc2nc(N)c3c(C)c(C)sc3n2)c(C)c1. The van der Waals surface area contributed by atoms with Crippen LogP contribution in [0.2, 0.25) is 0 Å². The van der Waals surface area contributed by atoms with Crippen molar-refractivity contribution in [3.05, 3.63) is 39.8 Å². The van der Waals surface area contributed by atoms with Gasteiger partial charge in [0, 0.05) is 10.6 Å². The van der Waals surface area contributed by atoms with E-state index >= 15 is 0 Å². The lowest BCUT2D eigenvalue weighted by atomic mass is 10.1. The summed E-state index contributed by atoms with van der Waals surface area (Å²) < 4.78 is 0. The van der Waals surface area contributed by atoms with Crippen LogP contribution in [-0.2, 0) is 4.79 Å². The minimum absolute atomic E-state index is 0.402. The quantitative estimate of drug-likeness (QED) is 0.420. The van der Waals surface area contributed by atoms with Crippen LogP contribution in [0.5, 0.6) is 0 Å². The van der Waals surface area contributed by atoms with Crippen LogP contribution in [-0.4, -0.2) is 27.2 Å². The Morgan fingerprint density at radius 3 is 2.59 bits per heavy atom. The maximum Gasteiger partial charge on any atom is 0.325 e.